The first-order valence-corrected chi connectivity index (χ1v) is 7.02. The summed E-state index contributed by atoms with van der Waals surface area (Å²) < 4.78 is 5.26. The third-order valence-corrected chi connectivity index (χ3v) is 3.48. The highest BCUT2D eigenvalue weighted by Gasteiger charge is 2.05. The molecule has 0 spiro atoms. The van der Waals surface area contributed by atoms with E-state index in [-0.39, 0.29) is 11.7 Å². The molecule has 21 heavy (non-hydrogen) atoms. The molecular formula is C16H14BrNO3. The number of methoxy groups -OCH3 is 1. The highest BCUT2D eigenvalue weighted by atomic mass is 79.9. The highest BCUT2D eigenvalue weighted by Crippen LogP contribution is 2.28. The number of phenolic OH excluding ortho intramolecular Hbond substituents is 1. The monoisotopic (exact) mass is 347 g/mol. The number of carbonyl (C=O) groups is 1. The number of ether oxygens (including phenoxy) is 1. The molecule has 0 atom stereocenters. The maximum absolute atomic E-state index is 11.3. The molecule has 0 saturated heterocycles. The molecule has 0 aromatic heterocycles. The first-order chi connectivity index (χ1) is 10.0. The summed E-state index contributed by atoms with van der Waals surface area (Å²) >= 11 is 3.29. The van der Waals surface area contributed by atoms with Gasteiger partial charge in [-0.3, -0.25) is 4.99 Å². The van der Waals surface area contributed by atoms with Gasteiger partial charge in [0.25, 0.3) is 0 Å². The fraction of sp³-hybridized carbons (Fsp3) is 0.125. The molecule has 0 bridgehead atoms. The van der Waals surface area contributed by atoms with E-state index in [0.717, 1.165) is 5.56 Å². The van der Waals surface area contributed by atoms with Gasteiger partial charge in [-0.1, -0.05) is 0 Å². The lowest BCUT2D eigenvalue weighted by molar-refractivity contribution is 0.0601. The number of phenols is 1. The van der Waals surface area contributed by atoms with Crippen molar-refractivity contribution in [2.24, 2.45) is 4.99 Å². The molecule has 0 unspecified atom stereocenters. The number of rotatable bonds is 3. The van der Waals surface area contributed by atoms with Crippen LogP contribution in [-0.2, 0) is 4.74 Å². The van der Waals surface area contributed by atoms with E-state index in [1.54, 1.807) is 30.5 Å². The van der Waals surface area contributed by atoms with Gasteiger partial charge >= 0.3 is 5.97 Å². The number of aliphatic imine (C=N–C) groups is 1. The summed E-state index contributed by atoms with van der Waals surface area (Å²) in [6.07, 6.45) is 1.58. The number of carbonyl (C=O) groups excluding carboxylic acids is 1. The molecule has 0 aliphatic rings. The van der Waals surface area contributed by atoms with Crippen molar-refractivity contribution in [3.8, 4) is 5.75 Å². The average molecular weight is 348 g/mol. The molecule has 0 aliphatic carbocycles. The van der Waals surface area contributed by atoms with Crippen molar-refractivity contribution >= 4 is 33.8 Å². The summed E-state index contributed by atoms with van der Waals surface area (Å²) in [5.74, 6) is -0.235. The summed E-state index contributed by atoms with van der Waals surface area (Å²) in [5.41, 5.74) is 2.79. The van der Waals surface area contributed by atoms with Gasteiger partial charge in [-0.05, 0) is 64.8 Å². The summed E-state index contributed by atoms with van der Waals surface area (Å²) in [5, 5.41) is 9.95. The van der Waals surface area contributed by atoms with Crippen LogP contribution < -0.4 is 0 Å². The first kappa shape index (κ1) is 15.3. The van der Waals surface area contributed by atoms with Crippen LogP contribution in [0.5, 0.6) is 5.75 Å². The first-order valence-electron chi connectivity index (χ1n) is 6.23. The molecule has 2 aromatic rings. The van der Waals surface area contributed by atoms with Gasteiger partial charge in [0.15, 0.2) is 0 Å². The van der Waals surface area contributed by atoms with Crippen LogP contribution in [0.2, 0.25) is 0 Å². The second-order valence-corrected chi connectivity index (χ2v) is 5.34. The maximum atomic E-state index is 11.3. The summed E-state index contributed by atoms with van der Waals surface area (Å²) in [7, 11) is 1.34. The van der Waals surface area contributed by atoms with Crippen LogP contribution in [0.25, 0.3) is 0 Å². The summed E-state index contributed by atoms with van der Waals surface area (Å²) in [6, 6.07) is 10.4. The number of esters is 1. The normalized spacial score (nSPS) is 10.8. The van der Waals surface area contributed by atoms with Gasteiger partial charge in [0.05, 0.1) is 22.8 Å². The Morgan fingerprint density at radius 2 is 1.95 bits per heavy atom. The van der Waals surface area contributed by atoms with Crippen molar-refractivity contribution in [2.45, 2.75) is 6.92 Å². The maximum Gasteiger partial charge on any atom is 0.337 e. The van der Waals surface area contributed by atoms with E-state index in [0.29, 0.717) is 21.3 Å². The Morgan fingerprint density at radius 3 is 2.57 bits per heavy atom. The van der Waals surface area contributed by atoms with Crippen molar-refractivity contribution in [3.63, 3.8) is 0 Å². The predicted molar refractivity (Wildman–Crippen MR) is 85.6 cm³/mol. The average Bonchev–Trinajstić information content (AvgIpc) is 2.49. The number of halogens is 1. The van der Waals surface area contributed by atoms with Crippen molar-refractivity contribution < 1.29 is 14.6 Å². The zero-order chi connectivity index (χ0) is 15.4. The van der Waals surface area contributed by atoms with Crippen LogP contribution in [0.1, 0.15) is 21.5 Å². The molecule has 0 saturated carbocycles. The molecular weight excluding hydrogens is 334 g/mol. The second kappa shape index (κ2) is 6.54. The SMILES string of the molecule is COC(=O)c1ccc(N=Cc2cc(C)cc(Br)c2O)cc1. The number of nitrogens with zero attached hydrogens (tertiary/aromatic N) is 1. The number of hydrogen-bond acceptors (Lipinski definition) is 4. The standard InChI is InChI=1S/C16H14BrNO3/c1-10-7-12(15(19)14(17)8-10)9-18-13-5-3-11(4-6-13)16(20)21-2/h3-9,19H,1-2H3. The molecule has 108 valence electrons. The van der Waals surface area contributed by atoms with Crippen molar-refractivity contribution in [2.75, 3.05) is 7.11 Å². The minimum Gasteiger partial charge on any atom is -0.506 e. The molecule has 0 fully saturated rings. The number of benzene rings is 2. The number of hydrogen-bond donors (Lipinski definition) is 1. The lowest BCUT2D eigenvalue weighted by atomic mass is 10.1. The zero-order valence-corrected chi connectivity index (χ0v) is 13.2. The Bertz CT molecular complexity index is 693. The van der Waals surface area contributed by atoms with Gasteiger partial charge < -0.3 is 9.84 Å². The van der Waals surface area contributed by atoms with Crippen molar-refractivity contribution in [3.05, 3.63) is 57.6 Å². The van der Waals surface area contributed by atoms with Crippen LogP contribution in [0.3, 0.4) is 0 Å². The van der Waals surface area contributed by atoms with Gasteiger partial charge in [-0.25, -0.2) is 4.79 Å². The predicted octanol–water partition coefficient (Wildman–Crippen LogP) is 4.00. The van der Waals surface area contributed by atoms with E-state index in [1.165, 1.54) is 7.11 Å². The molecule has 0 heterocycles. The smallest absolute Gasteiger partial charge is 0.337 e. The molecule has 2 aromatic carbocycles. The second-order valence-electron chi connectivity index (χ2n) is 4.48. The van der Waals surface area contributed by atoms with E-state index < -0.39 is 0 Å². The van der Waals surface area contributed by atoms with E-state index in [2.05, 4.69) is 25.7 Å². The Balaban J connectivity index is 2.24. The molecule has 0 amide bonds. The van der Waals surface area contributed by atoms with Gasteiger partial charge in [0, 0.05) is 11.8 Å². The third-order valence-electron chi connectivity index (χ3n) is 2.88. The van der Waals surface area contributed by atoms with Crippen LogP contribution in [-0.4, -0.2) is 24.4 Å². The van der Waals surface area contributed by atoms with E-state index >= 15 is 0 Å². The third kappa shape index (κ3) is 3.70. The topological polar surface area (TPSA) is 58.9 Å². The zero-order valence-electron chi connectivity index (χ0n) is 11.6. The van der Waals surface area contributed by atoms with E-state index in [1.807, 2.05) is 19.1 Å². The van der Waals surface area contributed by atoms with Crippen LogP contribution in [0.15, 0.2) is 45.9 Å². The number of aromatic hydroxyl groups is 1. The van der Waals surface area contributed by atoms with Gasteiger partial charge in [-0.15, -0.1) is 0 Å². The molecule has 4 nitrogen and oxygen atoms in total. The van der Waals surface area contributed by atoms with Gasteiger partial charge in [0.2, 0.25) is 0 Å². The largest absolute Gasteiger partial charge is 0.506 e. The van der Waals surface area contributed by atoms with Crippen LogP contribution in [0.4, 0.5) is 5.69 Å². The summed E-state index contributed by atoms with van der Waals surface area (Å²) in [6.45, 7) is 1.94. The van der Waals surface area contributed by atoms with Crippen LogP contribution >= 0.6 is 15.9 Å². The Labute approximate surface area is 131 Å². The highest BCUT2D eigenvalue weighted by molar-refractivity contribution is 9.10. The fourth-order valence-corrected chi connectivity index (χ4v) is 2.40. The minimum absolute atomic E-state index is 0.149. The number of aryl methyl sites for hydroxylation is 1. The molecule has 0 radical (unpaired) electrons. The Kier molecular flexibility index (Phi) is 4.75. The van der Waals surface area contributed by atoms with Crippen molar-refractivity contribution in [1.82, 2.24) is 0 Å². The quantitative estimate of drug-likeness (QED) is 0.674. The lowest BCUT2D eigenvalue weighted by Gasteiger charge is -2.03. The molecule has 2 rings (SSSR count). The van der Waals surface area contributed by atoms with E-state index in [4.69, 9.17) is 0 Å². The summed E-state index contributed by atoms with van der Waals surface area (Å²) in [4.78, 5) is 15.6. The molecule has 1 N–H and O–H groups in total. The van der Waals surface area contributed by atoms with E-state index in [9.17, 15) is 9.90 Å². The Morgan fingerprint density at radius 1 is 1.29 bits per heavy atom. The minimum atomic E-state index is -0.384. The molecule has 5 heteroatoms. The Hall–Kier alpha value is -2.14. The molecule has 0 aliphatic heterocycles. The fourth-order valence-electron chi connectivity index (χ4n) is 1.81. The van der Waals surface area contributed by atoms with Gasteiger partial charge in [0.1, 0.15) is 5.75 Å². The van der Waals surface area contributed by atoms with Crippen molar-refractivity contribution in [1.29, 1.82) is 0 Å². The lowest BCUT2D eigenvalue weighted by Crippen LogP contribution is -1.99. The van der Waals surface area contributed by atoms with Gasteiger partial charge in [-0.2, -0.15) is 0 Å². The van der Waals surface area contributed by atoms with Crippen LogP contribution in [0, 0.1) is 6.92 Å².